The zero-order valence-electron chi connectivity index (χ0n) is 11.3. The molecule has 0 saturated carbocycles. The average molecular weight is 243 g/mol. The first-order valence-electron chi connectivity index (χ1n) is 6.23. The van der Waals surface area contributed by atoms with E-state index < -0.39 is 0 Å². The molecule has 0 aliphatic carbocycles. The third-order valence-corrected chi connectivity index (χ3v) is 2.78. The summed E-state index contributed by atoms with van der Waals surface area (Å²) in [5.74, 6) is -0.168. The molecule has 3 N–H and O–H groups in total. The van der Waals surface area contributed by atoms with Crippen molar-refractivity contribution < 1.29 is 9.59 Å². The molecule has 1 atom stereocenters. The number of nitrogens with one attached hydrogen (secondary N) is 1. The van der Waals surface area contributed by atoms with Gasteiger partial charge in [-0.1, -0.05) is 13.8 Å². The van der Waals surface area contributed by atoms with Gasteiger partial charge in [0.2, 0.25) is 11.8 Å². The smallest absolute Gasteiger partial charge is 0.239 e. The van der Waals surface area contributed by atoms with Crippen molar-refractivity contribution in [3.8, 4) is 0 Å². The average Bonchev–Trinajstić information content (AvgIpc) is 2.26. The van der Waals surface area contributed by atoms with E-state index in [1.165, 1.54) is 0 Å². The highest BCUT2D eigenvalue weighted by Gasteiger charge is 2.26. The van der Waals surface area contributed by atoms with Crippen LogP contribution in [0.15, 0.2) is 0 Å². The summed E-state index contributed by atoms with van der Waals surface area (Å²) in [6.45, 7) is 9.20. The molecule has 17 heavy (non-hydrogen) atoms. The largest absolute Gasteiger partial charge is 0.355 e. The first-order chi connectivity index (χ1) is 7.97. The topological polar surface area (TPSA) is 75.4 Å². The molecule has 0 heterocycles. The van der Waals surface area contributed by atoms with Crippen LogP contribution < -0.4 is 11.1 Å². The van der Waals surface area contributed by atoms with Crippen LogP contribution in [0.1, 0.15) is 27.7 Å². The van der Waals surface area contributed by atoms with Gasteiger partial charge < -0.3 is 16.0 Å². The first kappa shape index (κ1) is 15.9. The number of amides is 2. The van der Waals surface area contributed by atoms with Crippen LogP contribution in [0.5, 0.6) is 0 Å². The summed E-state index contributed by atoms with van der Waals surface area (Å²) in [5.41, 5.74) is 5.61. The van der Waals surface area contributed by atoms with Crippen molar-refractivity contribution in [1.29, 1.82) is 0 Å². The van der Waals surface area contributed by atoms with Crippen LogP contribution in [-0.2, 0) is 9.59 Å². The highest BCUT2D eigenvalue weighted by molar-refractivity contribution is 5.86. The molecule has 0 rings (SSSR count). The molecule has 0 spiro atoms. The molecule has 5 nitrogen and oxygen atoms in total. The molecule has 0 fully saturated rings. The highest BCUT2D eigenvalue weighted by atomic mass is 16.2. The number of rotatable bonds is 7. The third kappa shape index (κ3) is 5.17. The van der Waals surface area contributed by atoms with E-state index in [9.17, 15) is 9.59 Å². The molecule has 0 aromatic heterocycles. The molecular formula is C12H25N3O2. The number of hydrogen-bond acceptors (Lipinski definition) is 3. The minimum Gasteiger partial charge on any atom is -0.355 e. The van der Waals surface area contributed by atoms with Crippen LogP contribution in [0.25, 0.3) is 0 Å². The standard InChI is InChI=1S/C12H25N3O2/c1-5-14-11(16)8-15(6-2)12(17)10(7-13)9(3)4/h9-10H,5-8,13H2,1-4H3,(H,14,16). The van der Waals surface area contributed by atoms with Gasteiger partial charge in [-0.15, -0.1) is 0 Å². The summed E-state index contributed by atoms with van der Waals surface area (Å²) in [4.78, 5) is 25.2. The van der Waals surface area contributed by atoms with Gasteiger partial charge in [0.1, 0.15) is 0 Å². The normalized spacial score (nSPS) is 12.4. The lowest BCUT2D eigenvalue weighted by molar-refractivity contribution is -0.140. The number of hydrogen-bond donors (Lipinski definition) is 2. The molecular weight excluding hydrogens is 218 g/mol. The quantitative estimate of drug-likeness (QED) is 0.671. The Bertz CT molecular complexity index is 254. The second kappa shape index (κ2) is 8.06. The van der Waals surface area contributed by atoms with E-state index in [0.29, 0.717) is 19.6 Å². The van der Waals surface area contributed by atoms with Crippen molar-refractivity contribution in [2.24, 2.45) is 17.6 Å². The number of nitrogens with zero attached hydrogens (tertiary/aromatic N) is 1. The van der Waals surface area contributed by atoms with Gasteiger partial charge in [-0.3, -0.25) is 9.59 Å². The van der Waals surface area contributed by atoms with Crippen LogP contribution in [-0.4, -0.2) is 42.9 Å². The van der Waals surface area contributed by atoms with Gasteiger partial charge in [-0.25, -0.2) is 0 Å². The summed E-state index contributed by atoms with van der Waals surface area (Å²) in [6, 6.07) is 0. The molecule has 0 aliphatic rings. The van der Waals surface area contributed by atoms with Crippen molar-refractivity contribution in [3.63, 3.8) is 0 Å². The van der Waals surface area contributed by atoms with E-state index in [-0.39, 0.29) is 30.2 Å². The Morgan fingerprint density at radius 3 is 2.24 bits per heavy atom. The fourth-order valence-electron chi connectivity index (χ4n) is 1.66. The Kier molecular flexibility index (Phi) is 7.54. The van der Waals surface area contributed by atoms with Crippen molar-refractivity contribution in [2.45, 2.75) is 27.7 Å². The van der Waals surface area contributed by atoms with Crippen LogP contribution in [0.2, 0.25) is 0 Å². The van der Waals surface area contributed by atoms with Crippen LogP contribution in [0, 0.1) is 11.8 Å². The molecule has 0 radical (unpaired) electrons. The molecule has 5 heteroatoms. The van der Waals surface area contributed by atoms with Crippen LogP contribution in [0.3, 0.4) is 0 Å². The van der Waals surface area contributed by atoms with Gasteiger partial charge in [0, 0.05) is 19.6 Å². The third-order valence-electron chi connectivity index (χ3n) is 2.78. The van der Waals surface area contributed by atoms with Gasteiger partial charge in [0.15, 0.2) is 0 Å². The van der Waals surface area contributed by atoms with Gasteiger partial charge in [-0.05, 0) is 19.8 Å². The SMILES string of the molecule is CCNC(=O)CN(CC)C(=O)C(CN)C(C)C. The first-order valence-corrected chi connectivity index (χ1v) is 6.23. The fraction of sp³-hybridized carbons (Fsp3) is 0.833. The Morgan fingerprint density at radius 1 is 1.29 bits per heavy atom. The zero-order valence-corrected chi connectivity index (χ0v) is 11.3. The minimum atomic E-state index is -0.204. The monoisotopic (exact) mass is 243 g/mol. The predicted molar refractivity (Wildman–Crippen MR) is 68.3 cm³/mol. The summed E-state index contributed by atoms with van der Waals surface area (Å²) >= 11 is 0. The fourth-order valence-corrected chi connectivity index (χ4v) is 1.66. The van der Waals surface area contributed by atoms with Gasteiger partial charge in [-0.2, -0.15) is 0 Å². The molecule has 0 aromatic rings. The molecule has 2 amide bonds. The Morgan fingerprint density at radius 2 is 1.88 bits per heavy atom. The Hall–Kier alpha value is -1.10. The van der Waals surface area contributed by atoms with Gasteiger partial charge in [0.05, 0.1) is 12.5 Å². The Labute approximate surface area is 104 Å². The second-order valence-electron chi connectivity index (χ2n) is 4.39. The molecule has 0 aliphatic heterocycles. The molecule has 1 unspecified atom stereocenters. The van der Waals surface area contributed by atoms with E-state index in [2.05, 4.69) is 5.32 Å². The van der Waals surface area contributed by atoms with Crippen molar-refractivity contribution in [2.75, 3.05) is 26.2 Å². The van der Waals surface area contributed by atoms with Gasteiger partial charge in [0.25, 0.3) is 0 Å². The number of nitrogens with two attached hydrogens (primary N) is 1. The summed E-state index contributed by atoms with van der Waals surface area (Å²) in [7, 11) is 0. The van der Waals surface area contributed by atoms with Crippen LogP contribution in [0.4, 0.5) is 0 Å². The number of carbonyl (C=O) groups is 2. The summed E-state index contributed by atoms with van der Waals surface area (Å²) in [6.07, 6.45) is 0. The highest BCUT2D eigenvalue weighted by Crippen LogP contribution is 2.12. The molecule has 100 valence electrons. The maximum absolute atomic E-state index is 12.2. The molecule has 0 aromatic carbocycles. The summed E-state index contributed by atoms with van der Waals surface area (Å²) < 4.78 is 0. The van der Waals surface area contributed by atoms with Gasteiger partial charge >= 0.3 is 0 Å². The lowest BCUT2D eigenvalue weighted by Crippen LogP contribution is -2.46. The minimum absolute atomic E-state index is 0.0312. The second-order valence-corrected chi connectivity index (χ2v) is 4.39. The lowest BCUT2D eigenvalue weighted by Gasteiger charge is -2.27. The van der Waals surface area contributed by atoms with E-state index in [1.54, 1.807) is 4.90 Å². The van der Waals surface area contributed by atoms with Crippen LogP contribution >= 0.6 is 0 Å². The van der Waals surface area contributed by atoms with E-state index in [4.69, 9.17) is 5.73 Å². The van der Waals surface area contributed by atoms with E-state index >= 15 is 0 Å². The molecule has 0 bridgehead atoms. The predicted octanol–water partition coefficient (Wildman–Crippen LogP) is 0.202. The van der Waals surface area contributed by atoms with Crippen molar-refractivity contribution in [1.82, 2.24) is 10.2 Å². The summed E-state index contributed by atoms with van der Waals surface area (Å²) in [5, 5.41) is 2.69. The zero-order chi connectivity index (χ0) is 13.4. The van der Waals surface area contributed by atoms with E-state index in [0.717, 1.165) is 0 Å². The molecule has 0 saturated heterocycles. The maximum Gasteiger partial charge on any atom is 0.239 e. The lowest BCUT2D eigenvalue weighted by atomic mass is 9.94. The van der Waals surface area contributed by atoms with Crippen molar-refractivity contribution >= 4 is 11.8 Å². The maximum atomic E-state index is 12.2. The Balaban J connectivity index is 4.53. The number of likely N-dealkylation sites (N-methyl/N-ethyl adjacent to an activating group) is 2. The van der Waals surface area contributed by atoms with E-state index in [1.807, 2.05) is 27.7 Å². The van der Waals surface area contributed by atoms with Crippen molar-refractivity contribution in [3.05, 3.63) is 0 Å². The number of carbonyl (C=O) groups excluding carboxylic acids is 2.